The number of urea groups is 1. The van der Waals surface area contributed by atoms with E-state index in [-0.39, 0.29) is 21.3 Å². The van der Waals surface area contributed by atoms with Crippen molar-refractivity contribution in [2.75, 3.05) is 10.6 Å². The summed E-state index contributed by atoms with van der Waals surface area (Å²) in [6, 6.07) is 30.9. The number of hydrogen-bond donors (Lipinski definition) is 2. The van der Waals surface area contributed by atoms with Crippen LogP contribution in [0.25, 0.3) is 10.8 Å². The van der Waals surface area contributed by atoms with Gasteiger partial charge in [-0.1, -0.05) is 54.6 Å². The molecular formula is C29H22N2O7S2. The van der Waals surface area contributed by atoms with Crippen molar-refractivity contribution in [3.63, 3.8) is 0 Å². The minimum atomic E-state index is -4.10. The average Bonchev–Trinajstić information content (AvgIpc) is 2.95. The Morgan fingerprint density at radius 2 is 1.02 bits per heavy atom. The van der Waals surface area contributed by atoms with Crippen molar-refractivity contribution in [3.8, 4) is 11.5 Å². The van der Waals surface area contributed by atoms with Gasteiger partial charge < -0.3 is 19.0 Å². The van der Waals surface area contributed by atoms with Crippen LogP contribution in [-0.2, 0) is 20.2 Å². The van der Waals surface area contributed by atoms with E-state index in [0.717, 1.165) is 5.39 Å². The Kier molecular flexibility index (Phi) is 7.41. The minimum absolute atomic E-state index is 0.0270. The SMILES string of the molecule is O=C(Nc1ccc(OS(=O)(=O)c2ccccc2)cc1)Nc1ccc(OS(=O)(=O)c2cccc3ccccc23)cc1. The number of carbonyl (C=O) groups excluding carboxylic acids is 1. The Labute approximate surface area is 231 Å². The van der Waals surface area contributed by atoms with E-state index in [1.165, 1.54) is 66.7 Å². The number of anilines is 2. The summed E-state index contributed by atoms with van der Waals surface area (Å²) >= 11 is 0. The second-order valence-electron chi connectivity index (χ2n) is 8.49. The Morgan fingerprint density at radius 3 is 1.62 bits per heavy atom. The Morgan fingerprint density at radius 1 is 0.525 bits per heavy atom. The predicted octanol–water partition coefficient (Wildman–Crippen LogP) is 6.02. The maximum atomic E-state index is 12.9. The first-order valence-corrected chi connectivity index (χ1v) is 14.7. The first-order valence-electron chi connectivity index (χ1n) is 11.9. The van der Waals surface area contributed by atoms with Crippen LogP contribution in [-0.4, -0.2) is 22.9 Å². The smallest absolute Gasteiger partial charge is 0.339 e. The van der Waals surface area contributed by atoms with E-state index >= 15 is 0 Å². The number of rotatable bonds is 8. The van der Waals surface area contributed by atoms with Crippen LogP contribution in [0.3, 0.4) is 0 Å². The van der Waals surface area contributed by atoms with Gasteiger partial charge in [0.2, 0.25) is 0 Å². The van der Waals surface area contributed by atoms with Gasteiger partial charge in [-0.2, -0.15) is 16.8 Å². The number of benzene rings is 5. The monoisotopic (exact) mass is 574 g/mol. The zero-order chi connectivity index (χ0) is 28.2. The topological polar surface area (TPSA) is 128 Å². The van der Waals surface area contributed by atoms with Gasteiger partial charge in [-0.05, 0) is 72.1 Å². The van der Waals surface area contributed by atoms with E-state index in [1.807, 2.05) is 18.2 Å². The third kappa shape index (κ3) is 6.22. The van der Waals surface area contributed by atoms with E-state index < -0.39 is 26.3 Å². The lowest BCUT2D eigenvalue weighted by atomic mass is 10.1. The van der Waals surface area contributed by atoms with Crippen LogP contribution in [0, 0.1) is 0 Å². The fourth-order valence-electron chi connectivity index (χ4n) is 3.83. The summed E-state index contributed by atoms with van der Waals surface area (Å²) in [7, 11) is -8.07. The van der Waals surface area contributed by atoms with Gasteiger partial charge in [-0.15, -0.1) is 0 Å². The molecule has 5 aromatic rings. The summed E-state index contributed by atoms with van der Waals surface area (Å²) in [5.74, 6) is 0.170. The van der Waals surface area contributed by atoms with Crippen LogP contribution in [0.1, 0.15) is 0 Å². The van der Waals surface area contributed by atoms with Gasteiger partial charge in [0.05, 0.1) is 0 Å². The summed E-state index contributed by atoms with van der Waals surface area (Å²) in [6.07, 6.45) is 0. The second kappa shape index (κ2) is 11.1. The fourth-order valence-corrected chi connectivity index (χ4v) is 5.93. The molecule has 40 heavy (non-hydrogen) atoms. The van der Waals surface area contributed by atoms with Gasteiger partial charge in [-0.25, -0.2) is 4.79 Å². The highest BCUT2D eigenvalue weighted by atomic mass is 32.2. The van der Waals surface area contributed by atoms with Crippen LogP contribution in [0.15, 0.2) is 131 Å². The van der Waals surface area contributed by atoms with E-state index in [0.29, 0.717) is 16.8 Å². The number of amides is 2. The van der Waals surface area contributed by atoms with Crippen LogP contribution in [0.2, 0.25) is 0 Å². The van der Waals surface area contributed by atoms with Gasteiger partial charge in [0.15, 0.2) is 0 Å². The normalized spacial score (nSPS) is 11.5. The molecule has 0 atom stereocenters. The molecule has 0 radical (unpaired) electrons. The van der Waals surface area contributed by atoms with Crippen LogP contribution in [0.4, 0.5) is 16.2 Å². The van der Waals surface area contributed by atoms with Crippen molar-refractivity contribution >= 4 is 48.4 Å². The highest BCUT2D eigenvalue weighted by Crippen LogP contribution is 2.27. The minimum Gasteiger partial charge on any atom is -0.379 e. The molecule has 0 fully saturated rings. The molecular weight excluding hydrogens is 552 g/mol. The lowest BCUT2D eigenvalue weighted by molar-refractivity contribution is 0.262. The molecule has 0 unspecified atom stereocenters. The summed E-state index contributed by atoms with van der Waals surface area (Å²) < 4.78 is 61.0. The molecule has 2 N–H and O–H groups in total. The Bertz CT molecular complexity index is 1870. The van der Waals surface area contributed by atoms with Gasteiger partial charge >= 0.3 is 26.3 Å². The molecule has 0 saturated heterocycles. The molecule has 2 amide bonds. The highest BCUT2D eigenvalue weighted by molar-refractivity contribution is 7.87. The van der Waals surface area contributed by atoms with E-state index in [2.05, 4.69) is 10.6 Å². The van der Waals surface area contributed by atoms with E-state index in [9.17, 15) is 21.6 Å². The summed E-state index contributed by atoms with van der Waals surface area (Å²) in [5.41, 5.74) is 0.782. The molecule has 202 valence electrons. The van der Waals surface area contributed by atoms with Crippen molar-refractivity contribution in [3.05, 3.63) is 121 Å². The van der Waals surface area contributed by atoms with Gasteiger partial charge in [0.1, 0.15) is 21.3 Å². The highest BCUT2D eigenvalue weighted by Gasteiger charge is 2.20. The number of nitrogens with one attached hydrogen (secondary N) is 2. The number of fused-ring (bicyclic) bond motifs is 1. The summed E-state index contributed by atoms with van der Waals surface area (Å²) in [6.45, 7) is 0. The molecule has 0 aromatic heterocycles. The Balaban J connectivity index is 1.19. The Hall–Kier alpha value is -4.87. The third-order valence-corrected chi connectivity index (χ3v) is 8.26. The van der Waals surface area contributed by atoms with Crippen molar-refractivity contribution in [2.45, 2.75) is 9.79 Å². The molecule has 0 aliphatic rings. The summed E-state index contributed by atoms with van der Waals surface area (Å²) in [5, 5.41) is 6.58. The zero-order valence-corrected chi connectivity index (χ0v) is 22.4. The average molecular weight is 575 g/mol. The quantitative estimate of drug-likeness (QED) is 0.217. The van der Waals surface area contributed by atoms with Crippen LogP contribution >= 0.6 is 0 Å². The van der Waals surface area contributed by atoms with Crippen molar-refractivity contribution in [1.29, 1.82) is 0 Å². The molecule has 0 bridgehead atoms. The largest absolute Gasteiger partial charge is 0.379 e. The number of carbonyl (C=O) groups is 1. The number of hydrogen-bond acceptors (Lipinski definition) is 7. The second-order valence-corrected chi connectivity index (χ2v) is 11.6. The molecule has 9 nitrogen and oxygen atoms in total. The predicted molar refractivity (Wildman–Crippen MR) is 152 cm³/mol. The fraction of sp³-hybridized carbons (Fsp3) is 0. The van der Waals surface area contributed by atoms with E-state index in [1.54, 1.807) is 36.4 Å². The van der Waals surface area contributed by atoms with Crippen LogP contribution < -0.4 is 19.0 Å². The maximum Gasteiger partial charge on any atom is 0.339 e. The lowest BCUT2D eigenvalue weighted by Gasteiger charge is -2.11. The summed E-state index contributed by atoms with van der Waals surface area (Å²) in [4.78, 5) is 12.5. The molecule has 11 heteroatoms. The molecule has 0 aliphatic carbocycles. The molecule has 0 saturated carbocycles. The molecule has 0 heterocycles. The molecule has 0 spiro atoms. The molecule has 5 rings (SSSR count). The standard InChI is InChI=1S/C29H22N2O7S2/c32-29(30-22-13-17-24(18-14-22)37-39(33,34)26-9-2-1-3-10-26)31-23-15-19-25(20-16-23)38-40(35,36)28-12-6-8-21-7-4-5-11-27(21)28/h1-20H,(H2,30,31,32). The van der Waals surface area contributed by atoms with Crippen molar-refractivity contribution < 1.29 is 30.0 Å². The molecule has 5 aromatic carbocycles. The zero-order valence-electron chi connectivity index (χ0n) is 20.7. The first kappa shape index (κ1) is 26.7. The van der Waals surface area contributed by atoms with Crippen molar-refractivity contribution in [1.82, 2.24) is 0 Å². The van der Waals surface area contributed by atoms with Gasteiger partial charge in [0.25, 0.3) is 0 Å². The van der Waals surface area contributed by atoms with E-state index in [4.69, 9.17) is 8.37 Å². The molecule has 0 aliphatic heterocycles. The van der Waals surface area contributed by atoms with Crippen molar-refractivity contribution in [2.24, 2.45) is 0 Å². The van der Waals surface area contributed by atoms with Gasteiger partial charge in [0, 0.05) is 16.8 Å². The van der Waals surface area contributed by atoms with Crippen LogP contribution in [0.5, 0.6) is 11.5 Å². The third-order valence-electron chi connectivity index (χ3n) is 5.69. The maximum absolute atomic E-state index is 12.9. The first-order chi connectivity index (χ1) is 19.2. The van der Waals surface area contributed by atoms with Gasteiger partial charge in [-0.3, -0.25) is 0 Å². The lowest BCUT2D eigenvalue weighted by Crippen LogP contribution is -2.19.